The summed E-state index contributed by atoms with van der Waals surface area (Å²) in [5, 5.41) is 11.4. The van der Waals surface area contributed by atoms with E-state index >= 15 is 0 Å². The molecular weight excluding hydrogens is 480 g/mol. The molecule has 0 saturated carbocycles. The third-order valence-electron chi connectivity index (χ3n) is 6.63. The molecule has 0 spiro atoms. The number of Topliss-reactive ketones (excluding diaryl/α,β-unsaturated/α-hetero) is 1. The van der Waals surface area contributed by atoms with Crippen molar-refractivity contribution in [1.29, 1.82) is 0 Å². The van der Waals surface area contributed by atoms with Gasteiger partial charge < -0.3 is 19.5 Å². The lowest BCUT2D eigenvalue weighted by Crippen LogP contribution is -2.30. The molecular formula is C31H34N2O5. The van der Waals surface area contributed by atoms with Crippen molar-refractivity contribution in [2.45, 2.75) is 39.8 Å². The fourth-order valence-corrected chi connectivity index (χ4v) is 4.80. The number of hydrogen-bond acceptors (Lipinski definition) is 6. The third kappa shape index (κ3) is 5.09. The molecule has 1 atom stereocenters. The first-order chi connectivity index (χ1) is 18.3. The minimum absolute atomic E-state index is 0.0000587. The van der Waals surface area contributed by atoms with E-state index in [1.165, 1.54) is 12.0 Å². The number of methoxy groups -OCH3 is 1. The largest absolute Gasteiger partial charge is 0.507 e. The smallest absolute Gasteiger partial charge is 0.300 e. The summed E-state index contributed by atoms with van der Waals surface area (Å²) in [6, 6.07) is 20.8. The van der Waals surface area contributed by atoms with Crippen molar-refractivity contribution in [3.05, 3.63) is 89.5 Å². The fourth-order valence-electron chi connectivity index (χ4n) is 4.80. The Kier molecular flexibility index (Phi) is 8.05. The average molecular weight is 515 g/mol. The van der Waals surface area contributed by atoms with Gasteiger partial charge in [0, 0.05) is 24.3 Å². The second kappa shape index (κ2) is 11.4. The van der Waals surface area contributed by atoms with Crippen LogP contribution in [-0.4, -0.2) is 43.1 Å². The highest BCUT2D eigenvalue weighted by atomic mass is 16.5. The molecule has 4 rings (SSSR count). The van der Waals surface area contributed by atoms with Gasteiger partial charge in [0.15, 0.2) is 0 Å². The summed E-state index contributed by atoms with van der Waals surface area (Å²) >= 11 is 0. The summed E-state index contributed by atoms with van der Waals surface area (Å²) in [4.78, 5) is 30.6. The molecule has 3 aromatic rings. The minimum Gasteiger partial charge on any atom is -0.507 e. The van der Waals surface area contributed by atoms with Gasteiger partial charge in [-0.05, 0) is 81.8 Å². The van der Waals surface area contributed by atoms with Crippen molar-refractivity contribution in [1.82, 2.24) is 0 Å². The normalized spacial score (nSPS) is 16.7. The number of amides is 1. The number of aliphatic hydroxyl groups is 1. The summed E-state index contributed by atoms with van der Waals surface area (Å²) in [6.07, 6.45) is -0.0000587. The van der Waals surface area contributed by atoms with Gasteiger partial charge in [-0.2, -0.15) is 0 Å². The molecule has 38 heavy (non-hydrogen) atoms. The summed E-state index contributed by atoms with van der Waals surface area (Å²) in [5.41, 5.74) is 2.63. The van der Waals surface area contributed by atoms with Crippen LogP contribution in [0.15, 0.2) is 78.4 Å². The van der Waals surface area contributed by atoms with Gasteiger partial charge in [0.05, 0.1) is 30.5 Å². The zero-order chi connectivity index (χ0) is 27.4. The number of ether oxygens (including phenoxy) is 2. The van der Waals surface area contributed by atoms with Crippen LogP contribution in [0.2, 0.25) is 0 Å². The molecule has 198 valence electrons. The Bertz CT molecular complexity index is 1330. The summed E-state index contributed by atoms with van der Waals surface area (Å²) in [7, 11) is 1.52. The molecule has 7 nitrogen and oxygen atoms in total. The Morgan fingerprint density at radius 1 is 0.947 bits per heavy atom. The molecule has 1 amide bonds. The summed E-state index contributed by atoms with van der Waals surface area (Å²) < 4.78 is 11.2. The van der Waals surface area contributed by atoms with E-state index in [-0.39, 0.29) is 17.4 Å². The van der Waals surface area contributed by atoms with Crippen molar-refractivity contribution in [2.24, 2.45) is 0 Å². The highest BCUT2D eigenvalue weighted by Crippen LogP contribution is 2.45. The number of ketones is 1. The van der Waals surface area contributed by atoms with Crippen LogP contribution in [0.3, 0.4) is 0 Å². The lowest BCUT2D eigenvalue weighted by atomic mass is 9.94. The zero-order valence-electron chi connectivity index (χ0n) is 22.5. The number of aliphatic hydroxyl groups excluding tert-OH is 1. The van der Waals surface area contributed by atoms with Crippen LogP contribution in [-0.2, 0) is 9.59 Å². The number of benzene rings is 3. The Hall–Kier alpha value is -4.26. The van der Waals surface area contributed by atoms with Gasteiger partial charge in [0.2, 0.25) is 0 Å². The van der Waals surface area contributed by atoms with Gasteiger partial charge in [-0.3, -0.25) is 14.5 Å². The van der Waals surface area contributed by atoms with Crippen LogP contribution < -0.4 is 19.3 Å². The average Bonchev–Trinajstić information content (AvgIpc) is 3.19. The first-order valence-corrected chi connectivity index (χ1v) is 12.9. The number of para-hydroxylation sites is 2. The molecule has 7 heteroatoms. The maximum atomic E-state index is 13.5. The van der Waals surface area contributed by atoms with Crippen molar-refractivity contribution in [3.8, 4) is 11.5 Å². The van der Waals surface area contributed by atoms with Crippen LogP contribution in [0, 0.1) is 0 Å². The van der Waals surface area contributed by atoms with Crippen LogP contribution in [0.25, 0.3) is 5.76 Å². The van der Waals surface area contributed by atoms with Crippen LogP contribution in [0.4, 0.5) is 11.4 Å². The SMILES string of the molecule is CCN(CC)c1ccc(C2/C(=C(/O)c3ccc(OC(C)C)cc3)C(=O)C(=O)N2c2ccccc2OC)cc1. The Morgan fingerprint density at radius 3 is 2.16 bits per heavy atom. The van der Waals surface area contributed by atoms with E-state index < -0.39 is 17.7 Å². The van der Waals surface area contributed by atoms with Gasteiger partial charge in [0.1, 0.15) is 17.3 Å². The van der Waals surface area contributed by atoms with E-state index in [1.807, 2.05) is 38.1 Å². The molecule has 0 bridgehead atoms. The predicted octanol–water partition coefficient (Wildman–Crippen LogP) is 5.95. The van der Waals surface area contributed by atoms with Gasteiger partial charge >= 0.3 is 0 Å². The van der Waals surface area contributed by atoms with E-state index in [0.29, 0.717) is 28.3 Å². The fraction of sp³-hybridized carbons (Fsp3) is 0.290. The second-order valence-electron chi connectivity index (χ2n) is 9.30. The monoisotopic (exact) mass is 514 g/mol. The summed E-state index contributed by atoms with van der Waals surface area (Å²) in [5.74, 6) is -0.624. The van der Waals surface area contributed by atoms with Crippen molar-refractivity contribution >= 4 is 28.8 Å². The molecule has 1 heterocycles. The number of carbonyl (C=O) groups is 2. The standard InChI is InChI=1S/C31H34N2O5/c1-6-32(7-2)23-16-12-21(13-17-23)28-27(29(34)22-14-18-24(19-15-22)38-20(3)4)30(35)31(36)33(28)25-10-8-9-11-26(25)37-5/h8-20,28,34H,6-7H2,1-5H3/b29-27-. The number of rotatable bonds is 9. The van der Waals surface area contributed by atoms with E-state index in [1.54, 1.807) is 48.5 Å². The van der Waals surface area contributed by atoms with Crippen molar-refractivity contribution in [3.63, 3.8) is 0 Å². The topological polar surface area (TPSA) is 79.3 Å². The lowest BCUT2D eigenvalue weighted by molar-refractivity contribution is -0.132. The van der Waals surface area contributed by atoms with Gasteiger partial charge in [-0.1, -0.05) is 24.3 Å². The zero-order valence-corrected chi connectivity index (χ0v) is 22.5. The van der Waals surface area contributed by atoms with E-state index in [2.05, 4.69) is 18.7 Å². The molecule has 1 aliphatic heterocycles. The van der Waals surface area contributed by atoms with Crippen LogP contribution >= 0.6 is 0 Å². The number of hydrogen-bond donors (Lipinski definition) is 1. The van der Waals surface area contributed by atoms with E-state index in [4.69, 9.17) is 9.47 Å². The quantitative estimate of drug-likeness (QED) is 0.216. The third-order valence-corrected chi connectivity index (χ3v) is 6.63. The molecule has 0 aromatic heterocycles. The Morgan fingerprint density at radius 2 is 1.58 bits per heavy atom. The lowest BCUT2D eigenvalue weighted by Gasteiger charge is -2.27. The predicted molar refractivity (Wildman–Crippen MR) is 150 cm³/mol. The molecule has 3 aromatic carbocycles. The molecule has 1 N–H and O–H groups in total. The van der Waals surface area contributed by atoms with Crippen LogP contribution in [0.1, 0.15) is 44.9 Å². The van der Waals surface area contributed by atoms with Crippen molar-refractivity contribution < 1.29 is 24.2 Å². The molecule has 0 radical (unpaired) electrons. The van der Waals surface area contributed by atoms with Crippen LogP contribution in [0.5, 0.6) is 11.5 Å². The molecule has 1 aliphatic rings. The maximum Gasteiger partial charge on any atom is 0.300 e. The highest BCUT2D eigenvalue weighted by Gasteiger charge is 2.47. The number of carbonyl (C=O) groups excluding carboxylic acids is 2. The molecule has 1 fully saturated rings. The van der Waals surface area contributed by atoms with E-state index in [0.717, 1.165) is 18.8 Å². The molecule has 0 aliphatic carbocycles. The van der Waals surface area contributed by atoms with Gasteiger partial charge in [0.25, 0.3) is 11.7 Å². The Labute approximate surface area is 223 Å². The number of anilines is 2. The number of nitrogens with zero attached hydrogens (tertiary/aromatic N) is 2. The van der Waals surface area contributed by atoms with Crippen molar-refractivity contribution in [2.75, 3.05) is 30.0 Å². The minimum atomic E-state index is -0.844. The molecule has 1 saturated heterocycles. The van der Waals surface area contributed by atoms with Gasteiger partial charge in [-0.15, -0.1) is 0 Å². The maximum absolute atomic E-state index is 13.5. The highest BCUT2D eigenvalue weighted by molar-refractivity contribution is 6.51. The van der Waals surface area contributed by atoms with Gasteiger partial charge in [-0.25, -0.2) is 0 Å². The first-order valence-electron chi connectivity index (χ1n) is 12.9. The Balaban J connectivity index is 1.87. The summed E-state index contributed by atoms with van der Waals surface area (Å²) in [6.45, 7) is 9.74. The van der Waals surface area contributed by atoms with E-state index in [9.17, 15) is 14.7 Å². The first kappa shape index (κ1) is 26.8. The second-order valence-corrected chi connectivity index (χ2v) is 9.30. The molecule has 1 unspecified atom stereocenters.